The van der Waals surface area contributed by atoms with Gasteiger partial charge in [-0.15, -0.1) is 0 Å². The van der Waals surface area contributed by atoms with E-state index < -0.39 is 17.0 Å². The van der Waals surface area contributed by atoms with Crippen LogP contribution in [0.15, 0.2) is 55.4 Å². The third-order valence-corrected chi connectivity index (χ3v) is 7.02. The van der Waals surface area contributed by atoms with Gasteiger partial charge in [0.2, 0.25) is 11.2 Å². The van der Waals surface area contributed by atoms with Crippen molar-refractivity contribution >= 4 is 33.8 Å². The standard InChI is InChI=1S/C25H26FN9O3S/c1-32(2)39(36)34-13-17(28-15-34)14-35(21-8-18(37-4)9-22(38-5)24(21)26)23-7-6-19-25(31-23)30-20(11-27-19)16-10-29-33(3)12-16/h6-13,15H,14H2,1-5H3. The van der Waals surface area contributed by atoms with Crippen LogP contribution in [0, 0.1) is 5.82 Å². The number of nitrogens with zero attached hydrogens (tertiary/aromatic N) is 9. The molecular weight excluding hydrogens is 525 g/mol. The van der Waals surface area contributed by atoms with Crippen LogP contribution in [0.1, 0.15) is 5.69 Å². The molecule has 0 spiro atoms. The van der Waals surface area contributed by atoms with Crippen LogP contribution in [-0.4, -0.2) is 70.5 Å². The number of anilines is 2. The van der Waals surface area contributed by atoms with E-state index in [4.69, 9.17) is 14.5 Å². The molecule has 0 aliphatic carbocycles. The molecule has 1 atom stereocenters. The first-order valence-corrected chi connectivity index (χ1v) is 12.8. The second kappa shape index (κ2) is 10.7. The van der Waals surface area contributed by atoms with Crippen LogP contribution in [0.5, 0.6) is 11.5 Å². The third-order valence-electron chi connectivity index (χ3n) is 5.84. The molecule has 0 saturated heterocycles. The minimum atomic E-state index is -1.46. The molecular formula is C25H26FN9O3S. The van der Waals surface area contributed by atoms with Crippen molar-refractivity contribution in [1.29, 1.82) is 0 Å². The van der Waals surface area contributed by atoms with E-state index in [1.54, 1.807) is 64.8 Å². The second-order valence-corrected chi connectivity index (χ2v) is 10.3. The Balaban J connectivity index is 1.63. The molecule has 0 N–H and O–H groups in total. The summed E-state index contributed by atoms with van der Waals surface area (Å²) in [5, 5.41) is 4.19. The average molecular weight is 552 g/mol. The lowest BCUT2D eigenvalue weighted by Crippen LogP contribution is -2.21. The van der Waals surface area contributed by atoms with Crippen LogP contribution in [0.4, 0.5) is 15.9 Å². The largest absolute Gasteiger partial charge is 0.497 e. The Morgan fingerprint density at radius 1 is 1.05 bits per heavy atom. The molecule has 5 aromatic rings. The van der Waals surface area contributed by atoms with Gasteiger partial charge in [-0.05, 0) is 12.1 Å². The van der Waals surface area contributed by atoms with E-state index in [-0.39, 0.29) is 18.0 Å². The molecule has 5 rings (SSSR count). The number of hydrogen-bond donors (Lipinski definition) is 0. The summed E-state index contributed by atoms with van der Waals surface area (Å²) >= 11 is -1.46. The number of ether oxygens (including phenoxy) is 2. The molecule has 0 bridgehead atoms. The Kier molecular flexibility index (Phi) is 7.21. The summed E-state index contributed by atoms with van der Waals surface area (Å²) in [5.74, 6) is 0.185. The molecule has 0 aliphatic heterocycles. The van der Waals surface area contributed by atoms with Crippen LogP contribution < -0.4 is 14.4 Å². The molecule has 0 radical (unpaired) electrons. The molecule has 12 nitrogen and oxygen atoms in total. The zero-order valence-electron chi connectivity index (χ0n) is 21.9. The maximum Gasteiger partial charge on any atom is 0.203 e. The summed E-state index contributed by atoms with van der Waals surface area (Å²) < 4.78 is 43.6. The highest BCUT2D eigenvalue weighted by Crippen LogP contribution is 2.37. The maximum atomic E-state index is 15.7. The van der Waals surface area contributed by atoms with Crippen LogP contribution in [0.25, 0.3) is 22.4 Å². The Hall–Kier alpha value is -4.43. The lowest BCUT2D eigenvalue weighted by molar-refractivity contribution is 0.374. The molecule has 1 aromatic carbocycles. The van der Waals surface area contributed by atoms with Gasteiger partial charge in [0, 0.05) is 51.2 Å². The number of methoxy groups -OCH3 is 2. The van der Waals surface area contributed by atoms with E-state index >= 15 is 4.39 Å². The average Bonchev–Trinajstić information content (AvgIpc) is 3.60. The highest BCUT2D eigenvalue weighted by Gasteiger charge is 2.23. The van der Waals surface area contributed by atoms with E-state index in [0.29, 0.717) is 34.1 Å². The SMILES string of the molecule is COc1cc(OC)c(F)c(N(Cc2cn(S(=O)N(C)C)cn2)c2ccc3ncc(-c4cnn(C)c4)nc3n2)c1. The molecule has 39 heavy (non-hydrogen) atoms. The van der Waals surface area contributed by atoms with E-state index in [1.807, 2.05) is 13.2 Å². The predicted molar refractivity (Wildman–Crippen MR) is 144 cm³/mol. The minimum Gasteiger partial charge on any atom is -0.497 e. The molecule has 202 valence electrons. The summed E-state index contributed by atoms with van der Waals surface area (Å²) in [4.78, 5) is 19.9. The van der Waals surface area contributed by atoms with E-state index in [0.717, 1.165) is 5.56 Å². The minimum absolute atomic E-state index is 0.00744. The molecule has 1 unspecified atom stereocenters. The molecule has 0 amide bonds. The van der Waals surface area contributed by atoms with Crippen molar-refractivity contribution in [3.05, 3.63) is 66.9 Å². The van der Waals surface area contributed by atoms with Gasteiger partial charge < -0.3 is 14.4 Å². The lowest BCUT2D eigenvalue weighted by atomic mass is 10.2. The number of pyridine rings is 1. The fraction of sp³-hybridized carbons (Fsp3) is 0.240. The summed E-state index contributed by atoms with van der Waals surface area (Å²) in [6.45, 7) is 0.0963. The summed E-state index contributed by atoms with van der Waals surface area (Å²) in [5.41, 5.74) is 3.01. The Bertz CT molecular complexity index is 1670. The number of benzene rings is 1. The predicted octanol–water partition coefficient (Wildman–Crippen LogP) is 3.10. The normalized spacial score (nSPS) is 12.2. The molecule has 4 aromatic heterocycles. The first-order valence-electron chi connectivity index (χ1n) is 11.7. The van der Waals surface area contributed by atoms with Gasteiger partial charge >= 0.3 is 0 Å². The topological polar surface area (TPSA) is 116 Å². The van der Waals surface area contributed by atoms with Gasteiger partial charge in [0.15, 0.2) is 17.2 Å². The number of aromatic nitrogens is 7. The first-order chi connectivity index (χ1) is 18.8. The first kappa shape index (κ1) is 26.2. The number of hydrogen-bond acceptors (Lipinski definition) is 9. The van der Waals surface area contributed by atoms with Crippen LogP contribution in [0.3, 0.4) is 0 Å². The van der Waals surface area contributed by atoms with Crippen molar-refractivity contribution in [2.45, 2.75) is 6.54 Å². The smallest absolute Gasteiger partial charge is 0.203 e. The van der Waals surface area contributed by atoms with Gasteiger partial charge in [-0.3, -0.25) is 9.67 Å². The van der Waals surface area contributed by atoms with E-state index in [1.165, 1.54) is 30.6 Å². The van der Waals surface area contributed by atoms with Crippen molar-refractivity contribution in [3.8, 4) is 22.8 Å². The highest BCUT2D eigenvalue weighted by molar-refractivity contribution is 7.81. The summed E-state index contributed by atoms with van der Waals surface area (Å²) in [6, 6.07) is 6.50. The number of aryl methyl sites for hydroxylation is 1. The van der Waals surface area contributed by atoms with Crippen molar-refractivity contribution in [2.24, 2.45) is 7.05 Å². The van der Waals surface area contributed by atoms with Gasteiger partial charge in [0.05, 0.1) is 50.2 Å². The fourth-order valence-electron chi connectivity index (χ4n) is 3.90. The third kappa shape index (κ3) is 5.28. The Morgan fingerprint density at radius 2 is 1.87 bits per heavy atom. The van der Waals surface area contributed by atoms with Gasteiger partial charge in [0.25, 0.3) is 0 Å². The zero-order chi connectivity index (χ0) is 27.7. The van der Waals surface area contributed by atoms with Gasteiger partial charge in [-0.1, -0.05) is 0 Å². The van der Waals surface area contributed by atoms with Gasteiger partial charge in [-0.2, -0.15) is 5.10 Å². The summed E-state index contributed by atoms with van der Waals surface area (Å²) in [7, 11) is 8.08. The van der Waals surface area contributed by atoms with Crippen LogP contribution in [-0.2, 0) is 24.8 Å². The lowest BCUT2D eigenvalue weighted by Gasteiger charge is -2.25. The molecule has 0 fully saturated rings. The number of fused-ring (bicyclic) bond motifs is 1. The molecule has 14 heteroatoms. The van der Waals surface area contributed by atoms with Crippen molar-refractivity contribution < 1.29 is 18.1 Å². The Morgan fingerprint density at radius 3 is 2.56 bits per heavy atom. The second-order valence-electron chi connectivity index (χ2n) is 8.69. The van der Waals surface area contributed by atoms with Crippen LogP contribution >= 0.6 is 0 Å². The quantitative estimate of drug-likeness (QED) is 0.272. The summed E-state index contributed by atoms with van der Waals surface area (Å²) in [6.07, 6.45) is 8.28. The monoisotopic (exact) mass is 551 g/mol. The molecule has 0 saturated carbocycles. The van der Waals surface area contributed by atoms with E-state index in [2.05, 4.69) is 20.1 Å². The molecule has 4 heterocycles. The highest BCUT2D eigenvalue weighted by atomic mass is 32.2. The maximum absolute atomic E-state index is 15.7. The number of rotatable bonds is 9. The van der Waals surface area contributed by atoms with Crippen molar-refractivity contribution in [1.82, 2.24) is 38.0 Å². The fourth-order valence-corrected chi connectivity index (χ4v) is 4.62. The zero-order valence-corrected chi connectivity index (χ0v) is 22.8. The molecule has 0 aliphatic rings. The van der Waals surface area contributed by atoms with Gasteiger partial charge in [0.1, 0.15) is 23.4 Å². The van der Waals surface area contributed by atoms with Crippen molar-refractivity contribution in [3.63, 3.8) is 0 Å². The van der Waals surface area contributed by atoms with Gasteiger partial charge in [-0.25, -0.2) is 31.8 Å². The number of halogens is 1. The number of imidazole rings is 1. The Labute approximate surface area is 226 Å². The van der Waals surface area contributed by atoms with Crippen molar-refractivity contribution in [2.75, 3.05) is 33.2 Å². The van der Waals surface area contributed by atoms with E-state index in [9.17, 15) is 4.21 Å². The van der Waals surface area contributed by atoms with Crippen LogP contribution in [0.2, 0.25) is 0 Å².